The Bertz CT molecular complexity index is 396. The normalized spacial score (nSPS) is 9.13. The van der Waals surface area contributed by atoms with Gasteiger partial charge < -0.3 is 4.74 Å². The predicted molar refractivity (Wildman–Crippen MR) is 60.6 cm³/mol. The molecule has 15 heavy (non-hydrogen) atoms. The van der Waals surface area contributed by atoms with Crippen molar-refractivity contribution in [3.8, 4) is 0 Å². The summed E-state index contributed by atoms with van der Waals surface area (Å²) in [6.45, 7) is 8.85. The van der Waals surface area contributed by atoms with Crippen molar-refractivity contribution in [2.45, 2.75) is 6.92 Å². The van der Waals surface area contributed by atoms with Gasteiger partial charge in [-0.2, -0.15) is 0 Å². The largest absolute Gasteiger partial charge is 0.417 e. The van der Waals surface area contributed by atoms with Gasteiger partial charge in [0.15, 0.2) is 0 Å². The van der Waals surface area contributed by atoms with Gasteiger partial charge in [-0.1, -0.05) is 25.3 Å². The first-order valence-corrected chi connectivity index (χ1v) is 4.48. The van der Waals surface area contributed by atoms with Crippen LogP contribution in [-0.4, -0.2) is 6.09 Å². The fraction of sp³-hybridized carbons (Fsp3) is 0.0833. The number of hydrogen-bond donors (Lipinski definition) is 1. The quantitative estimate of drug-likeness (QED) is 0.605. The van der Waals surface area contributed by atoms with Crippen LogP contribution in [0.3, 0.4) is 0 Å². The van der Waals surface area contributed by atoms with Crippen molar-refractivity contribution < 1.29 is 9.53 Å². The van der Waals surface area contributed by atoms with Crippen LogP contribution in [0.4, 0.5) is 10.5 Å². The second kappa shape index (κ2) is 5.00. The van der Waals surface area contributed by atoms with E-state index >= 15 is 0 Å². The van der Waals surface area contributed by atoms with Gasteiger partial charge in [0.2, 0.25) is 0 Å². The molecule has 0 aliphatic heterocycles. The number of aryl methyl sites for hydroxylation is 1. The van der Waals surface area contributed by atoms with Gasteiger partial charge in [0.05, 0.1) is 0 Å². The molecule has 3 nitrogen and oxygen atoms in total. The first-order valence-electron chi connectivity index (χ1n) is 4.48. The molecule has 0 bridgehead atoms. The Balaban J connectivity index is 2.58. The average molecular weight is 203 g/mol. The highest BCUT2D eigenvalue weighted by molar-refractivity contribution is 5.85. The van der Waals surface area contributed by atoms with Gasteiger partial charge >= 0.3 is 6.09 Å². The van der Waals surface area contributed by atoms with Crippen LogP contribution in [0.1, 0.15) is 5.56 Å². The minimum absolute atomic E-state index is 0.222. The molecule has 0 saturated heterocycles. The van der Waals surface area contributed by atoms with Crippen molar-refractivity contribution in [2.75, 3.05) is 5.32 Å². The number of carbonyl (C=O) groups excluding carboxylic acids is 1. The van der Waals surface area contributed by atoms with Crippen molar-refractivity contribution >= 4 is 11.8 Å². The topological polar surface area (TPSA) is 38.3 Å². The van der Waals surface area contributed by atoms with E-state index in [2.05, 4.69) is 18.5 Å². The van der Waals surface area contributed by atoms with Crippen LogP contribution >= 0.6 is 0 Å². The highest BCUT2D eigenvalue weighted by Crippen LogP contribution is 2.10. The smallest absolute Gasteiger partial charge is 0.411 e. The fourth-order valence-corrected chi connectivity index (χ4v) is 1.03. The first kappa shape index (κ1) is 11.0. The molecule has 0 aliphatic rings. The second-order valence-electron chi connectivity index (χ2n) is 3.05. The highest BCUT2D eigenvalue weighted by Gasteiger charge is 2.03. The lowest BCUT2D eigenvalue weighted by Crippen LogP contribution is -2.12. The Morgan fingerprint density at radius 2 is 2.27 bits per heavy atom. The summed E-state index contributed by atoms with van der Waals surface area (Å²) in [5.74, 6) is 0.222. The third-order valence-corrected chi connectivity index (χ3v) is 1.72. The maximum Gasteiger partial charge on any atom is 0.417 e. The van der Waals surface area contributed by atoms with Crippen LogP contribution in [0.5, 0.6) is 0 Å². The molecule has 0 heterocycles. The summed E-state index contributed by atoms with van der Waals surface area (Å²) >= 11 is 0. The van der Waals surface area contributed by atoms with E-state index in [0.717, 1.165) is 5.56 Å². The van der Waals surface area contributed by atoms with Gasteiger partial charge in [0, 0.05) is 5.69 Å². The molecule has 3 heteroatoms. The van der Waals surface area contributed by atoms with Crippen molar-refractivity contribution in [2.24, 2.45) is 0 Å². The summed E-state index contributed by atoms with van der Waals surface area (Å²) in [6, 6.07) is 7.43. The van der Waals surface area contributed by atoms with Crippen LogP contribution in [0.2, 0.25) is 0 Å². The summed E-state index contributed by atoms with van der Waals surface area (Å²) in [5, 5.41) is 2.58. The van der Waals surface area contributed by atoms with Gasteiger partial charge in [-0.05, 0) is 30.7 Å². The number of rotatable bonds is 3. The van der Waals surface area contributed by atoms with Gasteiger partial charge in [-0.25, -0.2) is 4.79 Å². The van der Waals surface area contributed by atoms with Crippen molar-refractivity contribution in [1.29, 1.82) is 0 Å². The number of benzene rings is 1. The summed E-state index contributed by atoms with van der Waals surface area (Å²) < 4.78 is 4.78. The van der Waals surface area contributed by atoms with E-state index in [-0.39, 0.29) is 5.76 Å². The Morgan fingerprint density at radius 3 is 2.87 bits per heavy atom. The Labute approximate surface area is 89.1 Å². The van der Waals surface area contributed by atoms with Crippen molar-refractivity contribution in [1.82, 2.24) is 0 Å². The number of allylic oxidation sites excluding steroid dienone is 1. The summed E-state index contributed by atoms with van der Waals surface area (Å²) in [4.78, 5) is 11.3. The second-order valence-corrected chi connectivity index (χ2v) is 3.05. The maximum atomic E-state index is 11.3. The van der Waals surface area contributed by atoms with Crippen LogP contribution in [0.15, 0.2) is 49.3 Å². The lowest BCUT2D eigenvalue weighted by Gasteiger charge is -2.06. The number of ether oxygens (including phenoxy) is 1. The Kier molecular flexibility index (Phi) is 3.68. The molecule has 0 spiro atoms. The van der Waals surface area contributed by atoms with E-state index in [1.165, 1.54) is 6.08 Å². The van der Waals surface area contributed by atoms with E-state index in [4.69, 9.17) is 4.74 Å². The molecule has 0 fully saturated rings. The number of anilines is 1. The molecule has 1 aromatic rings. The van der Waals surface area contributed by atoms with Gasteiger partial charge in [0.25, 0.3) is 0 Å². The zero-order chi connectivity index (χ0) is 11.3. The van der Waals surface area contributed by atoms with E-state index in [1.54, 1.807) is 6.07 Å². The fourth-order valence-electron chi connectivity index (χ4n) is 1.03. The Morgan fingerprint density at radius 1 is 1.53 bits per heavy atom. The van der Waals surface area contributed by atoms with Crippen molar-refractivity contribution in [3.05, 3.63) is 54.8 Å². The van der Waals surface area contributed by atoms with Crippen LogP contribution in [0, 0.1) is 6.92 Å². The van der Waals surface area contributed by atoms with E-state index in [1.807, 2.05) is 25.1 Å². The van der Waals surface area contributed by atoms with Crippen molar-refractivity contribution in [3.63, 3.8) is 0 Å². The summed E-state index contributed by atoms with van der Waals surface area (Å²) in [7, 11) is 0. The predicted octanol–water partition coefficient (Wildman–Crippen LogP) is 3.24. The average Bonchev–Trinajstić information content (AvgIpc) is 2.17. The Hall–Kier alpha value is -2.03. The lowest BCUT2D eigenvalue weighted by atomic mass is 10.2. The van der Waals surface area contributed by atoms with Gasteiger partial charge in [-0.3, -0.25) is 5.32 Å². The molecule has 0 unspecified atom stereocenters. The number of carbonyl (C=O) groups is 1. The molecule has 0 saturated carbocycles. The molecular formula is C12H13NO2. The maximum absolute atomic E-state index is 11.3. The molecule has 0 aromatic heterocycles. The molecule has 78 valence electrons. The number of nitrogens with one attached hydrogen (secondary N) is 1. The SMILES string of the molecule is C=CC(=C)OC(=O)Nc1cccc(C)c1. The highest BCUT2D eigenvalue weighted by atomic mass is 16.6. The first-order chi connectivity index (χ1) is 7.11. The van der Waals surface area contributed by atoms with Crippen LogP contribution < -0.4 is 5.32 Å². The van der Waals surface area contributed by atoms with Gasteiger partial charge in [-0.15, -0.1) is 0 Å². The third-order valence-electron chi connectivity index (χ3n) is 1.72. The molecule has 1 aromatic carbocycles. The van der Waals surface area contributed by atoms with Crippen LogP contribution in [0.25, 0.3) is 0 Å². The minimum atomic E-state index is -0.564. The number of amides is 1. The third kappa shape index (κ3) is 3.68. The molecular weight excluding hydrogens is 190 g/mol. The van der Waals surface area contributed by atoms with E-state index < -0.39 is 6.09 Å². The lowest BCUT2D eigenvalue weighted by molar-refractivity contribution is 0.195. The molecule has 0 radical (unpaired) electrons. The zero-order valence-corrected chi connectivity index (χ0v) is 8.62. The summed E-state index contributed by atoms with van der Waals surface area (Å²) in [5.41, 5.74) is 1.76. The van der Waals surface area contributed by atoms with Gasteiger partial charge in [0.1, 0.15) is 5.76 Å². The molecule has 1 rings (SSSR count). The summed E-state index contributed by atoms with van der Waals surface area (Å²) in [6.07, 6.45) is 0.807. The molecule has 1 amide bonds. The van der Waals surface area contributed by atoms with E-state index in [9.17, 15) is 4.79 Å². The van der Waals surface area contributed by atoms with Crippen LogP contribution in [-0.2, 0) is 4.74 Å². The number of hydrogen-bond acceptors (Lipinski definition) is 2. The standard InChI is InChI=1S/C12H13NO2/c1-4-10(3)15-12(14)13-11-7-5-6-9(2)8-11/h4-8H,1,3H2,2H3,(H,13,14). The molecule has 1 N–H and O–H groups in total. The molecule has 0 atom stereocenters. The zero-order valence-electron chi connectivity index (χ0n) is 8.62. The van der Waals surface area contributed by atoms with E-state index in [0.29, 0.717) is 5.69 Å². The minimum Gasteiger partial charge on any atom is -0.411 e. The molecule has 0 aliphatic carbocycles. The monoisotopic (exact) mass is 203 g/mol.